The van der Waals surface area contributed by atoms with Crippen LogP contribution in [0.3, 0.4) is 0 Å². The first kappa shape index (κ1) is 11.3. The highest BCUT2D eigenvalue weighted by Gasteiger charge is 2.29. The molecule has 0 spiro atoms. The first-order chi connectivity index (χ1) is 7.52. The van der Waals surface area contributed by atoms with Crippen LogP contribution in [-0.4, -0.2) is 39.3 Å². The molecule has 1 aromatic heterocycles. The van der Waals surface area contributed by atoms with Gasteiger partial charge in [-0.15, -0.1) is 0 Å². The number of nitrogens with zero attached hydrogens (tertiary/aromatic N) is 2. The Balaban J connectivity index is 2.29. The van der Waals surface area contributed by atoms with E-state index in [2.05, 4.69) is 4.98 Å². The van der Waals surface area contributed by atoms with E-state index in [1.54, 1.807) is 18.3 Å². The van der Waals surface area contributed by atoms with Crippen LogP contribution in [0.15, 0.2) is 23.2 Å². The van der Waals surface area contributed by atoms with Crippen LogP contribution in [0.4, 0.5) is 5.82 Å². The average molecular weight is 241 g/mol. The molecular formula is C10H15N3O2S. The van der Waals surface area contributed by atoms with Gasteiger partial charge in [-0.05, 0) is 18.7 Å². The van der Waals surface area contributed by atoms with Gasteiger partial charge < -0.3 is 10.6 Å². The van der Waals surface area contributed by atoms with Crippen molar-refractivity contribution in [2.45, 2.75) is 4.90 Å². The molecule has 1 fully saturated rings. The van der Waals surface area contributed by atoms with Gasteiger partial charge in [-0.1, -0.05) is 0 Å². The molecular weight excluding hydrogens is 226 g/mol. The van der Waals surface area contributed by atoms with Crippen molar-refractivity contribution in [3.63, 3.8) is 0 Å². The fraction of sp³-hybridized carbons (Fsp3) is 0.500. The van der Waals surface area contributed by atoms with Crippen LogP contribution in [0.2, 0.25) is 0 Å². The number of hydrogen-bond acceptors (Lipinski definition) is 5. The molecule has 1 aliphatic rings. The summed E-state index contributed by atoms with van der Waals surface area (Å²) in [7, 11) is -3.21. The summed E-state index contributed by atoms with van der Waals surface area (Å²) >= 11 is 0. The molecule has 16 heavy (non-hydrogen) atoms. The predicted molar refractivity (Wildman–Crippen MR) is 62.1 cm³/mol. The molecule has 0 aliphatic carbocycles. The van der Waals surface area contributed by atoms with Gasteiger partial charge in [0.05, 0.1) is 0 Å². The Labute approximate surface area is 95.2 Å². The highest BCUT2D eigenvalue weighted by Crippen LogP contribution is 2.27. The third-order valence-electron chi connectivity index (χ3n) is 2.74. The second kappa shape index (κ2) is 4.03. The molecule has 2 rings (SSSR count). The molecule has 2 N–H and O–H groups in total. The van der Waals surface area contributed by atoms with Gasteiger partial charge in [0.25, 0.3) is 0 Å². The SMILES string of the molecule is CS(=O)(=O)c1cccnc1N1CC(CN)C1. The largest absolute Gasteiger partial charge is 0.355 e. The lowest BCUT2D eigenvalue weighted by Gasteiger charge is -2.40. The van der Waals surface area contributed by atoms with Crippen molar-refractivity contribution in [2.24, 2.45) is 11.7 Å². The monoisotopic (exact) mass is 241 g/mol. The van der Waals surface area contributed by atoms with Crippen LogP contribution in [0.25, 0.3) is 0 Å². The van der Waals surface area contributed by atoms with Gasteiger partial charge in [0.15, 0.2) is 9.84 Å². The molecule has 1 aliphatic heterocycles. The molecule has 6 heteroatoms. The minimum atomic E-state index is -3.21. The Morgan fingerprint density at radius 2 is 2.25 bits per heavy atom. The zero-order chi connectivity index (χ0) is 11.8. The first-order valence-electron chi connectivity index (χ1n) is 5.12. The zero-order valence-corrected chi connectivity index (χ0v) is 9.94. The summed E-state index contributed by atoms with van der Waals surface area (Å²) in [5, 5.41) is 0. The lowest BCUT2D eigenvalue weighted by Crippen LogP contribution is -2.50. The van der Waals surface area contributed by atoms with E-state index in [0.717, 1.165) is 13.1 Å². The van der Waals surface area contributed by atoms with Crippen molar-refractivity contribution >= 4 is 15.7 Å². The molecule has 1 aromatic rings. The summed E-state index contributed by atoms with van der Waals surface area (Å²) in [5.41, 5.74) is 5.53. The van der Waals surface area contributed by atoms with Crippen molar-refractivity contribution in [1.82, 2.24) is 4.98 Å². The third kappa shape index (κ3) is 2.03. The zero-order valence-electron chi connectivity index (χ0n) is 9.13. The lowest BCUT2D eigenvalue weighted by atomic mass is 10.0. The fourth-order valence-electron chi connectivity index (χ4n) is 1.80. The van der Waals surface area contributed by atoms with Crippen molar-refractivity contribution in [1.29, 1.82) is 0 Å². The second-order valence-electron chi connectivity index (χ2n) is 4.10. The van der Waals surface area contributed by atoms with Crippen LogP contribution in [0.1, 0.15) is 0 Å². The summed E-state index contributed by atoms with van der Waals surface area (Å²) in [6.45, 7) is 2.21. The molecule has 0 saturated carbocycles. The van der Waals surface area contributed by atoms with E-state index < -0.39 is 9.84 Å². The van der Waals surface area contributed by atoms with E-state index in [4.69, 9.17) is 5.73 Å². The molecule has 0 unspecified atom stereocenters. The van der Waals surface area contributed by atoms with Gasteiger partial charge >= 0.3 is 0 Å². The van der Waals surface area contributed by atoms with E-state index in [1.807, 2.05) is 4.90 Å². The lowest BCUT2D eigenvalue weighted by molar-refractivity contribution is 0.414. The molecule has 0 amide bonds. The standard InChI is InChI=1S/C10H15N3O2S/c1-16(14,15)9-3-2-4-12-10(9)13-6-8(5-11)7-13/h2-4,8H,5-7,11H2,1H3. The number of rotatable bonds is 3. The van der Waals surface area contributed by atoms with Crippen LogP contribution in [-0.2, 0) is 9.84 Å². The molecule has 0 atom stereocenters. The average Bonchev–Trinajstić information content (AvgIpc) is 2.15. The Kier molecular flexibility index (Phi) is 2.86. The van der Waals surface area contributed by atoms with Crippen molar-refractivity contribution < 1.29 is 8.42 Å². The van der Waals surface area contributed by atoms with E-state index in [0.29, 0.717) is 23.2 Å². The third-order valence-corrected chi connectivity index (χ3v) is 3.86. The normalized spacial score (nSPS) is 17.2. The molecule has 0 radical (unpaired) electrons. The van der Waals surface area contributed by atoms with Crippen LogP contribution in [0, 0.1) is 5.92 Å². The van der Waals surface area contributed by atoms with Crippen LogP contribution in [0.5, 0.6) is 0 Å². The Morgan fingerprint density at radius 1 is 1.56 bits per heavy atom. The minimum absolute atomic E-state index is 0.297. The summed E-state index contributed by atoms with van der Waals surface area (Å²) in [4.78, 5) is 6.39. The van der Waals surface area contributed by atoms with Gasteiger partial charge in [-0.2, -0.15) is 0 Å². The molecule has 5 nitrogen and oxygen atoms in total. The number of sulfone groups is 1. The highest BCUT2D eigenvalue weighted by atomic mass is 32.2. The summed E-state index contributed by atoms with van der Waals surface area (Å²) in [5.74, 6) is 1.00. The molecule has 0 aromatic carbocycles. The Hall–Kier alpha value is -1.14. The summed E-state index contributed by atoms with van der Waals surface area (Å²) < 4.78 is 23.1. The van der Waals surface area contributed by atoms with Gasteiger partial charge in [0.2, 0.25) is 0 Å². The van der Waals surface area contributed by atoms with Crippen LogP contribution >= 0.6 is 0 Å². The molecule has 2 heterocycles. The number of hydrogen-bond donors (Lipinski definition) is 1. The van der Waals surface area contributed by atoms with E-state index in [9.17, 15) is 8.42 Å². The van der Waals surface area contributed by atoms with Gasteiger partial charge in [0.1, 0.15) is 10.7 Å². The van der Waals surface area contributed by atoms with Gasteiger partial charge in [-0.3, -0.25) is 0 Å². The highest BCUT2D eigenvalue weighted by molar-refractivity contribution is 7.90. The van der Waals surface area contributed by atoms with E-state index in [1.165, 1.54) is 6.26 Å². The van der Waals surface area contributed by atoms with E-state index in [-0.39, 0.29) is 0 Å². The number of aromatic nitrogens is 1. The summed E-state index contributed by atoms with van der Waals surface area (Å²) in [6.07, 6.45) is 2.81. The molecule has 88 valence electrons. The molecule has 1 saturated heterocycles. The first-order valence-corrected chi connectivity index (χ1v) is 7.01. The Morgan fingerprint density at radius 3 is 2.81 bits per heavy atom. The van der Waals surface area contributed by atoms with E-state index >= 15 is 0 Å². The van der Waals surface area contributed by atoms with Crippen LogP contribution < -0.4 is 10.6 Å². The number of anilines is 1. The smallest absolute Gasteiger partial charge is 0.179 e. The molecule has 0 bridgehead atoms. The number of nitrogens with two attached hydrogens (primary N) is 1. The van der Waals surface area contributed by atoms with Crippen molar-refractivity contribution in [3.8, 4) is 0 Å². The number of pyridine rings is 1. The maximum atomic E-state index is 11.6. The quantitative estimate of drug-likeness (QED) is 0.798. The van der Waals surface area contributed by atoms with Crippen molar-refractivity contribution in [2.75, 3.05) is 30.8 Å². The summed E-state index contributed by atoms with van der Waals surface area (Å²) in [6, 6.07) is 3.23. The second-order valence-corrected chi connectivity index (χ2v) is 6.09. The fourth-order valence-corrected chi connectivity index (χ4v) is 2.64. The minimum Gasteiger partial charge on any atom is -0.355 e. The van der Waals surface area contributed by atoms with Crippen molar-refractivity contribution in [3.05, 3.63) is 18.3 Å². The maximum absolute atomic E-state index is 11.6. The topological polar surface area (TPSA) is 76.3 Å². The Bertz CT molecular complexity index is 481. The maximum Gasteiger partial charge on any atom is 0.179 e. The van der Waals surface area contributed by atoms with Gasteiger partial charge in [-0.25, -0.2) is 13.4 Å². The predicted octanol–water partition coefficient (Wildman–Crippen LogP) is -0.120. The van der Waals surface area contributed by atoms with Gasteiger partial charge in [0, 0.05) is 31.5 Å².